The van der Waals surface area contributed by atoms with Gasteiger partial charge in [0.2, 0.25) is 23.6 Å². The Labute approximate surface area is 272 Å². The highest BCUT2D eigenvalue weighted by Crippen LogP contribution is 2.55. The van der Waals surface area contributed by atoms with Crippen molar-refractivity contribution in [1.29, 1.82) is 0 Å². The van der Waals surface area contributed by atoms with Gasteiger partial charge in [0.05, 0.1) is 23.7 Å². The van der Waals surface area contributed by atoms with E-state index >= 15 is 0 Å². The predicted molar refractivity (Wildman–Crippen MR) is 181 cm³/mol. The number of hydrogen-bond donors (Lipinski definition) is 0. The molecule has 0 radical (unpaired) electrons. The molecule has 246 valence electrons. The molecule has 5 fully saturated rings. The molecule has 0 aromatic rings. The third-order valence-corrected chi connectivity index (χ3v) is 13.5. The van der Waals surface area contributed by atoms with Gasteiger partial charge in [0.15, 0.2) is 0 Å². The lowest BCUT2D eigenvalue weighted by Gasteiger charge is -2.53. The molecule has 4 amide bonds. The van der Waals surface area contributed by atoms with E-state index in [4.69, 9.17) is 0 Å². The second-order valence-electron chi connectivity index (χ2n) is 14.8. The fraction of sp³-hybridized carbons (Fsp3) is 0.737. The summed E-state index contributed by atoms with van der Waals surface area (Å²) in [5.41, 5.74) is 0. The predicted octanol–water partition coefficient (Wildman–Crippen LogP) is 5.74. The Morgan fingerprint density at radius 2 is 0.867 bits per heavy atom. The molecule has 6 nitrogen and oxygen atoms in total. The number of fused-ring (bicyclic) bond motifs is 2. The van der Waals surface area contributed by atoms with Gasteiger partial charge in [-0.2, -0.15) is 0 Å². The second kappa shape index (κ2) is 13.7. The molecule has 2 aliphatic heterocycles. The van der Waals surface area contributed by atoms with Crippen LogP contribution in [0.3, 0.4) is 0 Å². The number of hydrogen-bond acceptors (Lipinski definition) is 4. The largest absolute Gasteiger partial charge is 0.291 e. The molecule has 45 heavy (non-hydrogen) atoms. The number of imide groups is 2. The zero-order valence-corrected chi connectivity index (χ0v) is 28.7. The normalized spacial score (nSPS) is 43.0. The van der Waals surface area contributed by atoms with Crippen LogP contribution in [0.1, 0.15) is 79.6 Å². The molecule has 0 bridgehead atoms. The number of rotatable bonds is 12. The van der Waals surface area contributed by atoms with Crippen LogP contribution in [0.5, 0.6) is 0 Å². The Morgan fingerprint density at radius 1 is 0.556 bits per heavy atom. The summed E-state index contributed by atoms with van der Waals surface area (Å²) in [5, 5.41) is 0. The van der Waals surface area contributed by atoms with Crippen molar-refractivity contribution in [3.63, 3.8) is 0 Å². The molecular formula is C38H57BN2O4. The lowest BCUT2D eigenvalue weighted by molar-refractivity contribution is -0.144. The molecule has 2 saturated heterocycles. The quantitative estimate of drug-likeness (QED) is 0.159. The van der Waals surface area contributed by atoms with Crippen LogP contribution in [0, 0.1) is 82.9 Å². The van der Waals surface area contributed by atoms with Crippen molar-refractivity contribution < 1.29 is 19.2 Å². The standard InChI is InChI=1S/C38H57BN2O4/c1-8-21-17-23(15-16-24-18-22(9-2)32-34(24)38(45)41(20-39)37(32)44)33-31(21)35(42)40(36(33)43)19-30-28(13-6)26(11-4)25(10-3)27(12-5)29(30)14-7/h8-9,15-16,21-34H,1-2,10-14,17-20,39H2,3-7H3/b16-15-. The summed E-state index contributed by atoms with van der Waals surface area (Å²) in [6, 6.07) is 0. The summed E-state index contributed by atoms with van der Waals surface area (Å²) in [4.78, 5) is 57.9. The van der Waals surface area contributed by atoms with Crippen molar-refractivity contribution in [3.05, 3.63) is 37.5 Å². The first-order valence-corrected chi connectivity index (χ1v) is 18.3. The van der Waals surface area contributed by atoms with Crippen molar-refractivity contribution in [2.45, 2.75) is 79.6 Å². The van der Waals surface area contributed by atoms with Crippen LogP contribution >= 0.6 is 0 Å². The van der Waals surface area contributed by atoms with E-state index in [1.807, 2.05) is 20.0 Å². The Kier molecular flexibility index (Phi) is 10.4. The van der Waals surface area contributed by atoms with Crippen LogP contribution in [0.15, 0.2) is 37.5 Å². The van der Waals surface area contributed by atoms with Gasteiger partial charge >= 0.3 is 0 Å². The molecule has 3 saturated carbocycles. The minimum atomic E-state index is -0.381. The lowest BCUT2D eigenvalue weighted by atomic mass is 9.53. The molecule has 12 atom stereocenters. The fourth-order valence-electron chi connectivity index (χ4n) is 11.6. The van der Waals surface area contributed by atoms with Crippen molar-refractivity contribution >= 4 is 31.5 Å². The smallest absolute Gasteiger partial charge is 0.233 e. The average molecular weight is 617 g/mol. The van der Waals surface area contributed by atoms with Gasteiger partial charge < -0.3 is 0 Å². The molecule has 3 aliphatic carbocycles. The van der Waals surface area contributed by atoms with E-state index in [9.17, 15) is 19.2 Å². The summed E-state index contributed by atoms with van der Waals surface area (Å²) in [5.74, 6) is 1.49. The van der Waals surface area contributed by atoms with Gasteiger partial charge in [0.25, 0.3) is 0 Å². The maximum Gasteiger partial charge on any atom is 0.233 e. The Balaban J connectivity index is 1.40. The topological polar surface area (TPSA) is 74.8 Å². The number of carbonyl (C=O) groups is 4. The monoisotopic (exact) mass is 616 g/mol. The van der Waals surface area contributed by atoms with Gasteiger partial charge in [0.1, 0.15) is 7.85 Å². The van der Waals surface area contributed by atoms with Gasteiger partial charge in [0, 0.05) is 6.54 Å². The van der Waals surface area contributed by atoms with Gasteiger partial charge in [-0.3, -0.25) is 29.0 Å². The summed E-state index contributed by atoms with van der Waals surface area (Å²) in [7, 11) is 1.85. The van der Waals surface area contributed by atoms with E-state index in [1.54, 1.807) is 4.90 Å². The fourth-order valence-corrected chi connectivity index (χ4v) is 11.6. The van der Waals surface area contributed by atoms with Crippen LogP contribution in [-0.2, 0) is 19.2 Å². The molecule has 12 unspecified atom stereocenters. The Morgan fingerprint density at radius 3 is 1.18 bits per heavy atom. The van der Waals surface area contributed by atoms with Crippen LogP contribution < -0.4 is 0 Å². The highest BCUT2D eigenvalue weighted by molar-refractivity contribution is 6.15. The van der Waals surface area contributed by atoms with Crippen LogP contribution in [-0.4, -0.2) is 54.3 Å². The number of allylic oxidation sites excluding steroid dienone is 4. The Bertz CT molecular complexity index is 1190. The van der Waals surface area contributed by atoms with Crippen LogP contribution in [0.4, 0.5) is 0 Å². The number of nitrogens with zero attached hydrogens (tertiary/aromatic N) is 2. The maximum absolute atomic E-state index is 14.3. The molecular weight excluding hydrogens is 559 g/mol. The van der Waals surface area contributed by atoms with E-state index in [2.05, 4.69) is 59.9 Å². The van der Waals surface area contributed by atoms with Gasteiger partial charge in [-0.15, -0.1) is 13.2 Å². The van der Waals surface area contributed by atoms with Gasteiger partial charge in [-0.25, -0.2) is 0 Å². The highest BCUT2D eigenvalue weighted by atomic mass is 16.2. The van der Waals surface area contributed by atoms with Crippen molar-refractivity contribution in [2.75, 3.05) is 13.0 Å². The lowest BCUT2D eigenvalue weighted by Crippen LogP contribution is -2.51. The van der Waals surface area contributed by atoms with Crippen molar-refractivity contribution in [3.8, 4) is 0 Å². The van der Waals surface area contributed by atoms with E-state index in [-0.39, 0.29) is 71.0 Å². The van der Waals surface area contributed by atoms with Crippen molar-refractivity contribution in [2.24, 2.45) is 82.9 Å². The number of carbonyl (C=O) groups excluding carboxylic acids is 4. The van der Waals surface area contributed by atoms with E-state index in [1.165, 1.54) is 11.3 Å². The third-order valence-electron chi connectivity index (χ3n) is 13.5. The molecule has 0 aromatic carbocycles. The molecule has 2 heterocycles. The minimum absolute atomic E-state index is 0.00275. The molecule has 7 heteroatoms. The van der Waals surface area contributed by atoms with Gasteiger partial charge in [-0.1, -0.05) is 91.0 Å². The minimum Gasteiger partial charge on any atom is -0.291 e. The Hall–Kier alpha value is -2.44. The average Bonchev–Trinajstić information content (AvgIpc) is 3.75. The third kappa shape index (κ3) is 5.32. The maximum atomic E-state index is 14.3. The highest BCUT2D eigenvalue weighted by Gasteiger charge is 2.60. The molecule has 5 aliphatic rings. The molecule has 0 spiro atoms. The first kappa shape index (κ1) is 33.9. The zero-order valence-electron chi connectivity index (χ0n) is 28.7. The summed E-state index contributed by atoms with van der Waals surface area (Å²) < 4.78 is 0. The zero-order chi connectivity index (χ0) is 32.7. The SMILES string of the molecule is BCN1C(=O)C2C(C=C)CC(/C=C\C3CC(C=C)C4C(=O)N(CC5C(CC)C(CC)C(CC)C(CC)C5CC)C(=O)C34)C2C1=O. The first-order valence-electron chi connectivity index (χ1n) is 18.3. The summed E-state index contributed by atoms with van der Waals surface area (Å²) in [6.07, 6.45) is 15.4. The van der Waals surface area contributed by atoms with Gasteiger partial charge in [-0.05, 0) is 78.5 Å². The summed E-state index contributed by atoms with van der Waals surface area (Å²) in [6.45, 7) is 20.2. The summed E-state index contributed by atoms with van der Waals surface area (Å²) >= 11 is 0. The van der Waals surface area contributed by atoms with Crippen LogP contribution in [0.25, 0.3) is 0 Å². The molecule has 0 N–H and O–H groups in total. The first-order chi connectivity index (χ1) is 21.7. The van der Waals surface area contributed by atoms with E-state index < -0.39 is 0 Å². The van der Waals surface area contributed by atoms with E-state index in [0.29, 0.717) is 61.3 Å². The van der Waals surface area contributed by atoms with E-state index in [0.717, 1.165) is 25.7 Å². The number of likely N-dealkylation sites (tertiary alicyclic amines) is 2. The van der Waals surface area contributed by atoms with Crippen LogP contribution in [0.2, 0.25) is 0 Å². The molecule has 0 aromatic heterocycles. The molecule has 5 rings (SSSR count). The second-order valence-corrected chi connectivity index (χ2v) is 14.8. The van der Waals surface area contributed by atoms with Crippen molar-refractivity contribution in [1.82, 2.24) is 9.80 Å². The number of amides is 4.